The molecule has 3 nitrogen and oxygen atoms in total. The summed E-state index contributed by atoms with van der Waals surface area (Å²) >= 11 is 5.91. The number of ether oxygens (including phenoxy) is 1. The van der Waals surface area contributed by atoms with Gasteiger partial charge in [0, 0.05) is 16.1 Å². The van der Waals surface area contributed by atoms with E-state index >= 15 is 0 Å². The molecule has 0 atom stereocenters. The first-order chi connectivity index (χ1) is 14.3. The topological polar surface area (TPSA) is 43.4 Å². The Kier molecular flexibility index (Phi) is 9.07. The number of allylic oxidation sites excluding steroid dienone is 3. The van der Waals surface area contributed by atoms with Gasteiger partial charge in [-0.15, -0.1) is 0 Å². The Bertz CT molecular complexity index is 949. The van der Waals surface area contributed by atoms with Crippen molar-refractivity contribution < 1.29 is 14.3 Å². The highest BCUT2D eigenvalue weighted by atomic mass is 35.5. The van der Waals surface area contributed by atoms with Crippen LogP contribution in [0.15, 0.2) is 65.8 Å². The summed E-state index contributed by atoms with van der Waals surface area (Å²) in [4.78, 5) is 25.1. The molecule has 30 heavy (non-hydrogen) atoms. The van der Waals surface area contributed by atoms with Crippen LogP contribution in [-0.4, -0.2) is 18.4 Å². The van der Waals surface area contributed by atoms with Gasteiger partial charge in [-0.25, -0.2) is 0 Å². The van der Waals surface area contributed by atoms with Gasteiger partial charge in [-0.1, -0.05) is 47.0 Å². The van der Waals surface area contributed by atoms with Crippen molar-refractivity contribution in [2.45, 2.75) is 47.0 Å². The van der Waals surface area contributed by atoms with E-state index in [1.54, 1.807) is 36.4 Å². The predicted octanol–water partition coefficient (Wildman–Crippen LogP) is 6.66. The average Bonchev–Trinajstić information content (AvgIpc) is 2.69. The number of halogens is 1. The molecule has 0 aliphatic carbocycles. The van der Waals surface area contributed by atoms with E-state index in [9.17, 15) is 9.59 Å². The number of carbonyl (C=O) groups is 2. The van der Waals surface area contributed by atoms with Gasteiger partial charge in [-0.2, -0.15) is 0 Å². The zero-order chi connectivity index (χ0) is 22.1. The minimum atomic E-state index is -0.303. The molecule has 0 heterocycles. The van der Waals surface area contributed by atoms with Crippen LogP contribution in [-0.2, 0) is 16.0 Å². The van der Waals surface area contributed by atoms with E-state index < -0.39 is 0 Å². The van der Waals surface area contributed by atoms with Crippen LogP contribution in [0.25, 0.3) is 0 Å². The molecule has 2 aromatic carbocycles. The number of ketones is 1. The van der Waals surface area contributed by atoms with Gasteiger partial charge in [0.2, 0.25) is 0 Å². The molecule has 0 saturated heterocycles. The second kappa shape index (κ2) is 11.5. The number of hydrogen-bond donors (Lipinski definition) is 0. The van der Waals surface area contributed by atoms with Gasteiger partial charge in [0.25, 0.3) is 0 Å². The Balaban J connectivity index is 1.97. The van der Waals surface area contributed by atoms with Crippen molar-refractivity contribution in [3.05, 3.63) is 93.0 Å². The maximum absolute atomic E-state index is 12.8. The standard InChI is InChI=1S/C26H29ClO3/c1-18(2)7-5-8-19(3)15-16-30-25(28)17-22-9-6-10-24(20(22)4)26(29)21-11-13-23(27)14-12-21/h6-7,9-15H,5,8,16-17H2,1-4H3. The first kappa shape index (κ1) is 23.6. The number of esters is 1. The fraction of sp³-hybridized carbons (Fsp3) is 0.308. The van der Waals surface area contributed by atoms with Crippen LogP contribution in [0.5, 0.6) is 0 Å². The molecule has 0 saturated carbocycles. The molecule has 0 spiro atoms. The molecule has 0 aliphatic heterocycles. The lowest BCUT2D eigenvalue weighted by molar-refractivity contribution is -0.141. The Morgan fingerprint density at radius 3 is 2.37 bits per heavy atom. The maximum Gasteiger partial charge on any atom is 0.310 e. The minimum absolute atomic E-state index is 0.0886. The van der Waals surface area contributed by atoms with Crippen molar-refractivity contribution in [3.8, 4) is 0 Å². The van der Waals surface area contributed by atoms with E-state index in [0.29, 0.717) is 16.1 Å². The van der Waals surface area contributed by atoms with Gasteiger partial charge in [-0.05, 0) is 82.0 Å². The summed E-state index contributed by atoms with van der Waals surface area (Å²) in [5.41, 5.74) is 5.24. The molecule has 2 aromatic rings. The van der Waals surface area contributed by atoms with Gasteiger partial charge in [0.05, 0.1) is 6.42 Å². The highest BCUT2D eigenvalue weighted by Crippen LogP contribution is 2.20. The molecule has 0 bridgehead atoms. The normalized spacial score (nSPS) is 11.2. The Hall–Kier alpha value is -2.65. The molecule has 0 radical (unpaired) electrons. The lowest BCUT2D eigenvalue weighted by atomic mass is 9.94. The van der Waals surface area contributed by atoms with Crippen LogP contribution < -0.4 is 0 Å². The molecular formula is C26H29ClO3. The van der Waals surface area contributed by atoms with Crippen molar-refractivity contribution in [2.75, 3.05) is 6.61 Å². The zero-order valence-electron chi connectivity index (χ0n) is 18.1. The molecule has 158 valence electrons. The summed E-state index contributed by atoms with van der Waals surface area (Å²) in [5.74, 6) is -0.392. The van der Waals surface area contributed by atoms with Crippen molar-refractivity contribution in [3.63, 3.8) is 0 Å². The van der Waals surface area contributed by atoms with E-state index in [2.05, 4.69) is 19.9 Å². The highest BCUT2D eigenvalue weighted by Gasteiger charge is 2.15. The summed E-state index contributed by atoms with van der Waals surface area (Å²) in [7, 11) is 0. The number of rotatable bonds is 9. The number of carbonyl (C=O) groups excluding carboxylic acids is 2. The predicted molar refractivity (Wildman–Crippen MR) is 123 cm³/mol. The molecule has 0 aromatic heterocycles. The number of hydrogen-bond acceptors (Lipinski definition) is 3. The second-order valence-corrected chi connectivity index (χ2v) is 8.09. The van der Waals surface area contributed by atoms with E-state index in [0.717, 1.165) is 24.0 Å². The van der Waals surface area contributed by atoms with Gasteiger partial charge in [0.1, 0.15) is 6.61 Å². The average molecular weight is 425 g/mol. The molecule has 4 heteroatoms. The third-order valence-corrected chi connectivity index (χ3v) is 5.15. The molecule has 0 unspecified atom stereocenters. The largest absolute Gasteiger partial charge is 0.461 e. The minimum Gasteiger partial charge on any atom is -0.461 e. The highest BCUT2D eigenvalue weighted by molar-refractivity contribution is 6.30. The quantitative estimate of drug-likeness (QED) is 0.257. The smallest absolute Gasteiger partial charge is 0.310 e. The van der Waals surface area contributed by atoms with Crippen LogP contribution in [0.4, 0.5) is 0 Å². The van der Waals surface area contributed by atoms with Gasteiger partial charge < -0.3 is 4.74 Å². The Labute approximate surface area is 184 Å². The molecular weight excluding hydrogens is 396 g/mol. The SMILES string of the molecule is CC(C)=CCCC(C)=CCOC(=O)Cc1cccc(C(=O)c2ccc(Cl)cc2)c1C. The van der Waals surface area contributed by atoms with Crippen LogP contribution in [0, 0.1) is 6.92 Å². The van der Waals surface area contributed by atoms with Crippen LogP contribution in [0.3, 0.4) is 0 Å². The van der Waals surface area contributed by atoms with Gasteiger partial charge >= 0.3 is 5.97 Å². The van der Waals surface area contributed by atoms with Crippen LogP contribution >= 0.6 is 11.6 Å². The summed E-state index contributed by atoms with van der Waals surface area (Å²) in [5, 5.41) is 0.584. The summed E-state index contributed by atoms with van der Waals surface area (Å²) < 4.78 is 5.37. The Morgan fingerprint density at radius 2 is 1.70 bits per heavy atom. The van der Waals surface area contributed by atoms with E-state index in [1.165, 1.54) is 11.1 Å². The second-order valence-electron chi connectivity index (χ2n) is 7.66. The maximum atomic E-state index is 12.8. The fourth-order valence-electron chi connectivity index (χ4n) is 3.05. The summed E-state index contributed by atoms with van der Waals surface area (Å²) in [6.45, 7) is 8.34. The third kappa shape index (κ3) is 7.31. The zero-order valence-corrected chi connectivity index (χ0v) is 18.9. The monoisotopic (exact) mass is 424 g/mol. The molecule has 2 rings (SSSR count). The van der Waals surface area contributed by atoms with Crippen LogP contribution in [0.1, 0.15) is 60.7 Å². The van der Waals surface area contributed by atoms with Crippen molar-refractivity contribution >= 4 is 23.4 Å². The molecule has 0 amide bonds. The van der Waals surface area contributed by atoms with E-state index in [-0.39, 0.29) is 24.8 Å². The molecule has 0 aliphatic rings. The lowest BCUT2D eigenvalue weighted by Gasteiger charge is -2.11. The third-order valence-electron chi connectivity index (χ3n) is 4.90. The van der Waals surface area contributed by atoms with Crippen molar-refractivity contribution in [2.24, 2.45) is 0 Å². The van der Waals surface area contributed by atoms with Crippen molar-refractivity contribution in [1.82, 2.24) is 0 Å². The lowest BCUT2D eigenvalue weighted by Crippen LogP contribution is -2.11. The van der Waals surface area contributed by atoms with E-state index in [4.69, 9.17) is 16.3 Å². The summed E-state index contributed by atoms with van der Waals surface area (Å²) in [6.07, 6.45) is 6.23. The van der Waals surface area contributed by atoms with Gasteiger partial charge in [0.15, 0.2) is 5.78 Å². The van der Waals surface area contributed by atoms with E-state index in [1.807, 2.05) is 26.0 Å². The summed E-state index contributed by atoms with van der Waals surface area (Å²) in [6, 6.07) is 12.2. The first-order valence-electron chi connectivity index (χ1n) is 10.1. The first-order valence-corrected chi connectivity index (χ1v) is 10.5. The van der Waals surface area contributed by atoms with Crippen LogP contribution in [0.2, 0.25) is 5.02 Å². The fourth-order valence-corrected chi connectivity index (χ4v) is 3.18. The Morgan fingerprint density at radius 1 is 1.00 bits per heavy atom. The van der Waals surface area contributed by atoms with Gasteiger partial charge in [-0.3, -0.25) is 9.59 Å². The number of benzene rings is 2. The molecule has 0 fully saturated rings. The molecule has 0 N–H and O–H groups in total. The van der Waals surface area contributed by atoms with Crippen molar-refractivity contribution in [1.29, 1.82) is 0 Å².